The summed E-state index contributed by atoms with van der Waals surface area (Å²) in [5.74, 6) is 1.91. The third-order valence-electron chi connectivity index (χ3n) is 8.18. The highest BCUT2D eigenvalue weighted by molar-refractivity contribution is 6.11. The van der Waals surface area contributed by atoms with Crippen LogP contribution in [0.15, 0.2) is 126 Å². The van der Waals surface area contributed by atoms with Gasteiger partial charge in [0.1, 0.15) is 23.8 Å². The number of para-hydroxylation sites is 1. The van der Waals surface area contributed by atoms with E-state index in [4.69, 9.17) is 18.6 Å². The second kappa shape index (κ2) is 12.8. The van der Waals surface area contributed by atoms with E-state index < -0.39 is 12.1 Å². The van der Waals surface area contributed by atoms with Crippen LogP contribution in [0, 0.1) is 6.92 Å². The highest BCUT2D eigenvalue weighted by atomic mass is 16.5. The molecule has 1 N–H and O–H groups in total. The van der Waals surface area contributed by atoms with Gasteiger partial charge in [-0.1, -0.05) is 78.9 Å². The predicted octanol–water partition coefficient (Wildman–Crippen LogP) is 8.60. The third kappa shape index (κ3) is 5.89. The standard InChI is InChI=1S/C39H32N2O6/c1-25-30(40-38(46-25)28-14-7-4-8-15-28)24-45-33-21-20-26(22-35(33)44-2)23-41-31-17-10-9-16-29(31)36-32(41)18-11-19-34(36)47-37(39(42)43)27-12-5-3-6-13-27/h3-22,37H,23-24H2,1-2H3,(H,42,43)/t37-/m0/s1. The van der Waals surface area contributed by atoms with Crippen molar-refractivity contribution in [3.8, 4) is 28.7 Å². The van der Waals surface area contributed by atoms with E-state index in [1.807, 2.05) is 110 Å². The summed E-state index contributed by atoms with van der Waals surface area (Å²) in [6, 6.07) is 38.5. The zero-order valence-electron chi connectivity index (χ0n) is 25.9. The van der Waals surface area contributed by atoms with Gasteiger partial charge in [0.15, 0.2) is 11.5 Å². The maximum atomic E-state index is 12.3. The molecule has 7 rings (SSSR count). The number of hydrogen-bond acceptors (Lipinski definition) is 6. The number of aromatic nitrogens is 2. The molecule has 0 amide bonds. The fourth-order valence-corrected chi connectivity index (χ4v) is 5.87. The van der Waals surface area contributed by atoms with Crippen molar-refractivity contribution in [2.45, 2.75) is 26.2 Å². The molecule has 0 fully saturated rings. The van der Waals surface area contributed by atoms with Gasteiger partial charge in [0.05, 0.1) is 12.6 Å². The smallest absolute Gasteiger partial charge is 0.349 e. The van der Waals surface area contributed by atoms with Gasteiger partial charge in [0, 0.05) is 34.0 Å². The summed E-state index contributed by atoms with van der Waals surface area (Å²) in [5.41, 5.74) is 5.13. The van der Waals surface area contributed by atoms with Gasteiger partial charge in [0.2, 0.25) is 12.0 Å². The van der Waals surface area contributed by atoms with Crippen molar-refractivity contribution < 1.29 is 28.5 Å². The summed E-state index contributed by atoms with van der Waals surface area (Å²) in [7, 11) is 1.62. The number of aryl methyl sites for hydroxylation is 1. The molecule has 0 aliphatic carbocycles. The maximum absolute atomic E-state index is 12.3. The minimum absolute atomic E-state index is 0.230. The van der Waals surface area contributed by atoms with Crippen LogP contribution in [0.1, 0.15) is 28.7 Å². The zero-order valence-corrected chi connectivity index (χ0v) is 25.9. The average Bonchev–Trinajstić information content (AvgIpc) is 3.64. The quantitative estimate of drug-likeness (QED) is 0.154. The van der Waals surface area contributed by atoms with E-state index in [9.17, 15) is 9.90 Å². The molecule has 0 spiro atoms. The van der Waals surface area contributed by atoms with Crippen molar-refractivity contribution in [2.24, 2.45) is 0 Å². The van der Waals surface area contributed by atoms with Crippen molar-refractivity contribution in [3.05, 3.63) is 144 Å². The van der Waals surface area contributed by atoms with E-state index in [-0.39, 0.29) is 6.61 Å². The number of fused-ring (bicyclic) bond motifs is 3. The fraction of sp³-hybridized carbons (Fsp3) is 0.128. The Balaban J connectivity index is 1.18. The molecule has 2 heterocycles. The van der Waals surface area contributed by atoms with Crippen LogP contribution in [0.4, 0.5) is 0 Å². The van der Waals surface area contributed by atoms with Crippen LogP contribution >= 0.6 is 0 Å². The van der Waals surface area contributed by atoms with Crippen LogP contribution in [0.25, 0.3) is 33.3 Å². The van der Waals surface area contributed by atoms with Crippen LogP contribution in [0.5, 0.6) is 17.2 Å². The summed E-state index contributed by atoms with van der Waals surface area (Å²) >= 11 is 0. The highest BCUT2D eigenvalue weighted by Gasteiger charge is 2.24. The van der Waals surface area contributed by atoms with Crippen LogP contribution in [-0.2, 0) is 17.9 Å². The van der Waals surface area contributed by atoms with Gasteiger partial charge in [-0.25, -0.2) is 9.78 Å². The number of hydrogen-bond donors (Lipinski definition) is 1. The molecular formula is C39H32N2O6. The minimum atomic E-state index is -1.15. The molecule has 0 bridgehead atoms. The van der Waals surface area contributed by atoms with Crippen LogP contribution in [0.3, 0.4) is 0 Å². The Hall–Kier alpha value is -6.02. The van der Waals surface area contributed by atoms with E-state index in [0.29, 0.717) is 41.0 Å². The van der Waals surface area contributed by atoms with E-state index in [0.717, 1.165) is 38.6 Å². The number of rotatable bonds is 11. The average molecular weight is 625 g/mol. The number of oxazole rings is 1. The molecule has 5 aromatic carbocycles. The number of carbonyl (C=O) groups is 1. The summed E-state index contributed by atoms with van der Waals surface area (Å²) in [6.45, 7) is 2.64. The first kappa shape index (κ1) is 29.7. The summed E-state index contributed by atoms with van der Waals surface area (Å²) in [4.78, 5) is 16.9. The number of benzene rings is 5. The van der Waals surface area contributed by atoms with Crippen LogP contribution in [0.2, 0.25) is 0 Å². The van der Waals surface area contributed by atoms with E-state index in [1.54, 1.807) is 19.2 Å². The van der Waals surface area contributed by atoms with Gasteiger partial charge in [-0.05, 0) is 55.0 Å². The molecule has 1 atom stereocenters. The Morgan fingerprint density at radius 1 is 0.830 bits per heavy atom. The van der Waals surface area contributed by atoms with E-state index in [1.165, 1.54) is 0 Å². The summed E-state index contributed by atoms with van der Waals surface area (Å²) < 4.78 is 26.2. The topological polar surface area (TPSA) is 96.0 Å². The van der Waals surface area contributed by atoms with Gasteiger partial charge in [-0.3, -0.25) is 0 Å². The molecule has 234 valence electrons. The van der Waals surface area contributed by atoms with Crippen molar-refractivity contribution in [1.82, 2.24) is 9.55 Å². The van der Waals surface area contributed by atoms with Crippen molar-refractivity contribution >= 4 is 27.8 Å². The van der Waals surface area contributed by atoms with Gasteiger partial charge in [-0.2, -0.15) is 0 Å². The second-order valence-corrected chi connectivity index (χ2v) is 11.2. The van der Waals surface area contributed by atoms with Crippen LogP contribution in [-0.4, -0.2) is 27.7 Å². The lowest BCUT2D eigenvalue weighted by Gasteiger charge is -2.17. The van der Waals surface area contributed by atoms with Gasteiger partial charge < -0.3 is 28.3 Å². The molecule has 8 heteroatoms. The van der Waals surface area contributed by atoms with Gasteiger partial charge >= 0.3 is 5.97 Å². The molecule has 0 aliphatic rings. The Bertz CT molecular complexity index is 2190. The number of ether oxygens (including phenoxy) is 3. The molecule has 47 heavy (non-hydrogen) atoms. The maximum Gasteiger partial charge on any atom is 0.349 e. The van der Waals surface area contributed by atoms with Crippen molar-refractivity contribution in [2.75, 3.05) is 7.11 Å². The Morgan fingerprint density at radius 2 is 1.55 bits per heavy atom. The first-order chi connectivity index (χ1) is 23.0. The zero-order chi connectivity index (χ0) is 32.3. The SMILES string of the molecule is COc1cc(Cn2c3ccccc3c3c(O[C@H](C(=O)O)c4ccccc4)cccc32)ccc1OCc1nc(-c2ccccc2)oc1C. The largest absolute Gasteiger partial charge is 0.493 e. The highest BCUT2D eigenvalue weighted by Crippen LogP contribution is 2.39. The number of carboxylic acids is 1. The number of nitrogens with zero attached hydrogens (tertiary/aromatic N) is 2. The molecular weight excluding hydrogens is 592 g/mol. The second-order valence-electron chi connectivity index (χ2n) is 11.2. The Kier molecular flexibility index (Phi) is 8.06. The lowest BCUT2D eigenvalue weighted by molar-refractivity contribution is -0.145. The molecule has 0 radical (unpaired) electrons. The Labute approximate surface area is 271 Å². The van der Waals surface area contributed by atoms with Gasteiger partial charge in [-0.15, -0.1) is 0 Å². The molecule has 0 saturated carbocycles. The predicted molar refractivity (Wildman–Crippen MR) is 180 cm³/mol. The minimum Gasteiger partial charge on any atom is -0.493 e. The fourth-order valence-electron chi connectivity index (χ4n) is 5.87. The normalized spacial score (nSPS) is 11.9. The third-order valence-corrected chi connectivity index (χ3v) is 8.18. The van der Waals surface area contributed by atoms with Crippen LogP contribution < -0.4 is 14.2 Å². The number of methoxy groups -OCH3 is 1. The lowest BCUT2D eigenvalue weighted by atomic mass is 10.1. The van der Waals surface area contributed by atoms with E-state index in [2.05, 4.69) is 15.6 Å². The molecule has 2 aromatic heterocycles. The number of carboxylic acid groups (broad SMARTS) is 1. The first-order valence-electron chi connectivity index (χ1n) is 15.3. The monoisotopic (exact) mass is 624 g/mol. The molecule has 0 unspecified atom stereocenters. The molecule has 7 aromatic rings. The lowest BCUT2D eigenvalue weighted by Crippen LogP contribution is -2.18. The molecule has 8 nitrogen and oxygen atoms in total. The van der Waals surface area contributed by atoms with Gasteiger partial charge in [0.25, 0.3) is 0 Å². The first-order valence-corrected chi connectivity index (χ1v) is 15.3. The van der Waals surface area contributed by atoms with Crippen molar-refractivity contribution in [1.29, 1.82) is 0 Å². The number of aliphatic carboxylic acids is 1. The summed E-state index contributed by atoms with van der Waals surface area (Å²) in [5, 5.41) is 11.9. The summed E-state index contributed by atoms with van der Waals surface area (Å²) in [6.07, 6.45) is -1.15. The van der Waals surface area contributed by atoms with Crippen molar-refractivity contribution in [3.63, 3.8) is 0 Å². The Morgan fingerprint density at radius 3 is 2.32 bits per heavy atom. The molecule has 0 saturated heterocycles. The van der Waals surface area contributed by atoms with E-state index >= 15 is 0 Å². The molecule has 0 aliphatic heterocycles.